The molecule has 2 aromatic rings. The summed E-state index contributed by atoms with van der Waals surface area (Å²) in [6, 6.07) is 4.88. The molecule has 10 heteroatoms. The first-order valence-electron chi connectivity index (χ1n) is 8.60. The summed E-state index contributed by atoms with van der Waals surface area (Å²) in [5.74, 6) is -1.48. The molecule has 0 atom stereocenters. The number of furan rings is 1. The van der Waals surface area contributed by atoms with E-state index in [0.717, 1.165) is 18.4 Å². The number of benzene rings is 1. The number of rotatable bonds is 4. The first kappa shape index (κ1) is 20.6. The highest BCUT2D eigenvalue weighted by molar-refractivity contribution is 7.90. The molecule has 0 radical (unpaired) electrons. The highest BCUT2D eigenvalue weighted by Gasteiger charge is 2.51. The van der Waals surface area contributed by atoms with Crippen molar-refractivity contribution >= 4 is 28.5 Å². The molecule has 1 fully saturated rings. The fourth-order valence-electron chi connectivity index (χ4n) is 2.66. The molecule has 0 bridgehead atoms. The lowest BCUT2D eigenvalue weighted by molar-refractivity contribution is 0.00578. The molecule has 0 saturated carbocycles. The van der Waals surface area contributed by atoms with E-state index in [4.69, 9.17) is 13.7 Å². The van der Waals surface area contributed by atoms with Gasteiger partial charge in [0, 0.05) is 0 Å². The van der Waals surface area contributed by atoms with E-state index < -0.39 is 45.0 Å². The van der Waals surface area contributed by atoms with Crippen molar-refractivity contribution in [2.45, 2.75) is 50.7 Å². The van der Waals surface area contributed by atoms with Crippen LogP contribution in [-0.4, -0.2) is 32.6 Å². The van der Waals surface area contributed by atoms with Gasteiger partial charge in [-0.25, -0.2) is 17.5 Å². The third-order valence-electron chi connectivity index (χ3n) is 4.99. The summed E-state index contributed by atoms with van der Waals surface area (Å²) in [6.07, 6.45) is 1.12. The lowest BCUT2D eigenvalue weighted by atomic mass is 9.79. The zero-order chi connectivity index (χ0) is 20.9. The summed E-state index contributed by atoms with van der Waals surface area (Å²) in [5.41, 5.74) is -0.868. The quantitative estimate of drug-likeness (QED) is 0.778. The molecule has 0 unspecified atom stereocenters. The maximum atomic E-state index is 14.6. The number of hydrogen-bond donors (Lipinski definition) is 1. The van der Waals surface area contributed by atoms with Crippen molar-refractivity contribution in [1.82, 2.24) is 4.72 Å². The summed E-state index contributed by atoms with van der Waals surface area (Å²) in [4.78, 5) is 11.4. The van der Waals surface area contributed by atoms with Crippen molar-refractivity contribution in [3.05, 3.63) is 47.7 Å². The highest BCUT2D eigenvalue weighted by atomic mass is 32.2. The van der Waals surface area contributed by atoms with Crippen LogP contribution in [0, 0.1) is 12.7 Å². The van der Waals surface area contributed by atoms with E-state index in [1.54, 1.807) is 6.92 Å². The number of halogens is 1. The van der Waals surface area contributed by atoms with Gasteiger partial charge in [-0.05, 0) is 58.3 Å². The minimum absolute atomic E-state index is 0.0234. The average molecular weight is 409 g/mol. The van der Waals surface area contributed by atoms with E-state index in [2.05, 4.69) is 0 Å². The van der Waals surface area contributed by atoms with Gasteiger partial charge in [0.1, 0.15) is 22.7 Å². The molecular formula is C18H21BFNO6S. The van der Waals surface area contributed by atoms with E-state index >= 15 is 0 Å². The first-order chi connectivity index (χ1) is 12.8. The molecule has 28 heavy (non-hydrogen) atoms. The maximum Gasteiger partial charge on any atom is 0.494 e. The number of carbonyl (C=O) groups is 1. The van der Waals surface area contributed by atoms with Crippen molar-refractivity contribution in [3.63, 3.8) is 0 Å². The van der Waals surface area contributed by atoms with Gasteiger partial charge in [0.15, 0.2) is 0 Å². The van der Waals surface area contributed by atoms with Gasteiger partial charge in [0.25, 0.3) is 15.9 Å². The first-order valence-corrected chi connectivity index (χ1v) is 10.1. The van der Waals surface area contributed by atoms with Gasteiger partial charge in [0.2, 0.25) is 0 Å². The molecule has 3 rings (SSSR count). The van der Waals surface area contributed by atoms with E-state index in [9.17, 15) is 17.6 Å². The van der Waals surface area contributed by atoms with Gasteiger partial charge in [-0.3, -0.25) is 4.79 Å². The lowest BCUT2D eigenvalue weighted by Gasteiger charge is -2.32. The molecule has 1 aromatic carbocycles. The molecule has 0 spiro atoms. The second kappa shape index (κ2) is 6.72. The van der Waals surface area contributed by atoms with Crippen LogP contribution in [0.25, 0.3) is 0 Å². The maximum absolute atomic E-state index is 14.6. The van der Waals surface area contributed by atoms with Gasteiger partial charge in [-0.1, -0.05) is 6.07 Å². The van der Waals surface area contributed by atoms with E-state index in [1.165, 1.54) is 12.1 Å². The Balaban J connectivity index is 1.83. The van der Waals surface area contributed by atoms with Crippen molar-refractivity contribution < 1.29 is 31.3 Å². The van der Waals surface area contributed by atoms with Crippen LogP contribution in [0.5, 0.6) is 0 Å². The van der Waals surface area contributed by atoms with Gasteiger partial charge < -0.3 is 13.7 Å². The third kappa shape index (κ3) is 3.72. The second-order valence-corrected chi connectivity index (χ2v) is 9.31. The number of aryl methyl sites for hydroxylation is 1. The number of amides is 1. The lowest BCUT2D eigenvalue weighted by Crippen LogP contribution is -2.41. The molecule has 150 valence electrons. The Hall–Kier alpha value is -2.17. The van der Waals surface area contributed by atoms with E-state index in [1.807, 2.05) is 32.4 Å². The summed E-state index contributed by atoms with van der Waals surface area (Å²) >= 11 is 0. The minimum atomic E-state index is -4.41. The Bertz CT molecular complexity index is 1010. The Morgan fingerprint density at radius 3 is 2.21 bits per heavy atom. The topological polar surface area (TPSA) is 94.8 Å². The fourth-order valence-corrected chi connectivity index (χ4v) is 3.69. The number of nitrogens with one attached hydrogen (secondary N) is 1. The SMILES string of the molecule is Cc1cc(C(=O)NS(=O)(=O)c2ccc(B3OC(C)(C)C(C)(C)O3)cc2F)co1. The fraction of sp³-hybridized carbons (Fsp3) is 0.389. The molecule has 1 aromatic heterocycles. The van der Waals surface area contributed by atoms with E-state index in [0.29, 0.717) is 11.2 Å². The number of hydrogen-bond acceptors (Lipinski definition) is 6. The van der Waals surface area contributed by atoms with Crippen LogP contribution in [0.15, 0.2) is 39.8 Å². The monoisotopic (exact) mass is 409 g/mol. The van der Waals surface area contributed by atoms with Gasteiger partial charge in [-0.15, -0.1) is 0 Å². The van der Waals surface area contributed by atoms with Crippen LogP contribution in [-0.2, 0) is 19.3 Å². The van der Waals surface area contributed by atoms with Crippen molar-refractivity contribution in [2.24, 2.45) is 0 Å². The van der Waals surface area contributed by atoms with Gasteiger partial charge in [0.05, 0.1) is 16.8 Å². The minimum Gasteiger partial charge on any atom is -0.469 e. The number of carbonyl (C=O) groups excluding carboxylic acids is 1. The molecule has 1 amide bonds. The molecule has 0 aliphatic carbocycles. The summed E-state index contributed by atoms with van der Waals surface area (Å²) in [6.45, 7) is 9.04. The Labute approximate surface area is 163 Å². The Kier molecular flexibility index (Phi) is 4.93. The second-order valence-electron chi connectivity index (χ2n) is 7.66. The van der Waals surface area contributed by atoms with Gasteiger partial charge >= 0.3 is 7.12 Å². The third-order valence-corrected chi connectivity index (χ3v) is 6.35. The summed E-state index contributed by atoms with van der Waals surface area (Å²) in [5, 5.41) is 0. The van der Waals surface area contributed by atoms with Crippen molar-refractivity contribution in [3.8, 4) is 0 Å². The van der Waals surface area contributed by atoms with Gasteiger partial charge in [-0.2, -0.15) is 0 Å². The molecule has 7 nitrogen and oxygen atoms in total. The van der Waals surface area contributed by atoms with Crippen molar-refractivity contribution in [2.75, 3.05) is 0 Å². The van der Waals surface area contributed by atoms with Crippen LogP contribution in [0.4, 0.5) is 4.39 Å². The normalized spacial score (nSPS) is 18.3. The zero-order valence-corrected chi connectivity index (χ0v) is 17.0. The zero-order valence-electron chi connectivity index (χ0n) is 16.2. The average Bonchev–Trinajstić information content (AvgIpc) is 3.07. The van der Waals surface area contributed by atoms with Crippen LogP contribution < -0.4 is 10.2 Å². The molecule has 1 N–H and O–H groups in total. The Morgan fingerprint density at radius 1 is 1.11 bits per heavy atom. The largest absolute Gasteiger partial charge is 0.494 e. The van der Waals surface area contributed by atoms with Crippen LogP contribution in [0.1, 0.15) is 43.8 Å². The highest BCUT2D eigenvalue weighted by Crippen LogP contribution is 2.36. The van der Waals surface area contributed by atoms with Crippen LogP contribution in [0.3, 0.4) is 0 Å². The summed E-state index contributed by atoms with van der Waals surface area (Å²) in [7, 11) is -5.25. The van der Waals surface area contributed by atoms with Crippen LogP contribution in [0.2, 0.25) is 0 Å². The summed E-state index contributed by atoms with van der Waals surface area (Å²) < 4.78 is 57.9. The molecule has 1 aliphatic heterocycles. The molecule has 1 saturated heterocycles. The Morgan fingerprint density at radius 2 is 1.71 bits per heavy atom. The smallest absolute Gasteiger partial charge is 0.469 e. The molecule has 2 heterocycles. The van der Waals surface area contributed by atoms with Crippen LogP contribution >= 0.6 is 0 Å². The predicted molar refractivity (Wildman–Crippen MR) is 100 cm³/mol. The standard InChI is InChI=1S/C18H21BFNO6S/c1-11-8-12(10-25-11)16(22)21-28(23,24)15-7-6-13(9-14(15)20)19-26-17(2,3)18(4,5)27-19/h6-10H,1-5H3,(H,21,22). The predicted octanol–water partition coefficient (Wildman–Crippen LogP) is 2.15. The molecular weight excluding hydrogens is 388 g/mol. The molecule has 1 aliphatic rings. The van der Waals surface area contributed by atoms with Crippen molar-refractivity contribution in [1.29, 1.82) is 0 Å². The number of sulfonamides is 1. The van der Waals surface area contributed by atoms with E-state index in [-0.39, 0.29) is 5.56 Å².